The third kappa shape index (κ3) is 13.5. The third-order valence-electron chi connectivity index (χ3n) is 4.20. The van der Waals surface area contributed by atoms with Crippen molar-refractivity contribution in [2.75, 3.05) is 26.4 Å². The van der Waals surface area contributed by atoms with Crippen LogP contribution in [0.2, 0.25) is 0 Å². The number of hydrogen-bond acceptors (Lipinski definition) is 7. The second-order valence-corrected chi connectivity index (χ2v) is 9.94. The molecule has 1 atom stereocenters. The molecule has 0 aromatic heterocycles. The van der Waals surface area contributed by atoms with Crippen LogP contribution in [0.15, 0.2) is 25.3 Å². The van der Waals surface area contributed by atoms with Gasteiger partial charge < -0.3 is 24.3 Å². The second-order valence-electron chi connectivity index (χ2n) is 9.94. The van der Waals surface area contributed by atoms with Gasteiger partial charge in [-0.25, -0.2) is 14.4 Å². The molecule has 0 rings (SSSR count). The van der Waals surface area contributed by atoms with Gasteiger partial charge in [-0.15, -0.1) is 0 Å². The predicted molar refractivity (Wildman–Crippen MR) is 118 cm³/mol. The van der Waals surface area contributed by atoms with Crippen LogP contribution in [0.25, 0.3) is 0 Å². The molecule has 0 heterocycles. The number of carbonyl (C=O) groups excluding carboxylic acids is 3. The minimum atomic E-state index is -1.20. The molecule has 0 radical (unpaired) electrons. The maximum atomic E-state index is 12.2. The molecule has 0 aromatic carbocycles. The zero-order valence-electron chi connectivity index (χ0n) is 20.0. The fraction of sp³-hybridized carbons (Fsp3) is 0.696. The summed E-state index contributed by atoms with van der Waals surface area (Å²) in [6.45, 7) is 20.7. The molecule has 0 bridgehead atoms. The van der Waals surface area contributed by atoms with E-state index in [1.807, 2.05) is 0 Å². The smallest absolute Gasteiger partial charge is 0.407 e. The van der Waals surface area contributed by atoms with E-state index in [2.05, 4.69) is 60.0 Å². The summed E-state index contributed by atoms with van der Waals surface area (Å²) < 4.78 is 21.2. The summed E-state index contributed by atoms with van der Waals surface area (Å²) in [5.41, 5.74) is -1.16. The van der Waals surface area contributed by atoms with Crippen molar-refractivity contribution >= 4 is 18.0 Å². The number of amides is 1. The molecule has 0 saturated carbocycles. The van der Waals surface area contributed by atoms with E-state index in [4.69, 9.17) is 18.9 Å². The van der Waals surface area contributed by atoms with Crippen LogP contribution in [0.5, 0.6) is 0 Å². The Kier molecular flexibility index (Phi) is 11.5. The Morgan fingerprint density at radius 1 is 0.839 bits per heavy atom. The van der Waals surface area contributed by atoms with Crippen LogP contribution < -0.4 is 5.32 Å². The van der Waals surface area contributed by atoms with Crippen molar-refractivity contribution in [2.24, 2.45) is 10.8 Å². The SMILES string of the molecule is C=CC(=O)OCC(C)(COC(=O)C=C)NC(=O)OCCOC(CC(C)(C)C)C(C)(C)C. The number of alkyl carbamates (subject to hydrolysis) is 1. The summed E-state index contributed by atoms with van der Waals surface area (Å²) in [6, 6.07) is 0. The van der Waals surface area contributed by atoms with Gasteiger partial charge in [-0.3, -0.25) is 0 Å². The number of ether oxygens (including phenoxy) is 4. The highest BCUT2D eigenvalue weighted by molar-refractivity contribution is 5.82. The molecule has 31 heavy (non-hydrogen) atoms. The minimum absolute atomic E-state index is 0.000980. The van der Waals surface area contributed by atoms with Gasteiger partial charge >= 0.3 is 18.0 Å². The first-order chi connectivity index (χ1) is 14.1. The summed E-state index contributed by atoms with van der Waals surface area (Å²) in [4.78, 5) is 35.0. The Morgan fingerprint density at radius 3 is 1.71 bits per heavy atom. The zero-order chi connectivity index (χ0) is 24.3. The monoisotopic (exact) mass is 441 g/mol. The van der Waals surface area contributed by atoms with E-state index in [0.29, 0.717) is 0 Å². The Morgan fingerprint density at radius 2 is 1.32 bits per heavy atom. The van der Waals surface area contributed by atoms with E-state index >= 15 is 0 Å². The van der Waals surface area contributed by atoms with Gasteiger partial charge in [0, 0.05) is 12.2 Å². The molecule has 0 aromatic rings. The standard InChI is InChI=1S/C23H39NO7/c1-10-18(25)30-15-23(9,16-31-19(26)11-2)24-20(27)29-13-12-28-17(22(6,7)8)14-21(3,4)5/h10-11,17H,1-2,12-16H2,3-9H3,(H,24,27). The van der Waals surface area contributed by atoms with Crippen LogP contribution in [-0.2, 0) is 28.5 Å². The largest absolute Gasteiger partial charge is 0.460 e. The number of esters is 2. The van der Waals surface area contributed by atoms with Gasteiger partial charge in [0.1, 0.15) is 25.4 Å². The highest BCUT2D eigenvalue weighted by Crippen LogP contribution is 2.32. The first-order valence-electron chi connectivity index (χ1n) is 10.3. The number of carbonyl (C=O) groups is 3. The number of nitrogens with one attached hydrogen (secondary N) is 1. The van der Waals surface area contributed by atoms with Crippen LogP contribution in [0.4, 0.5) is 4.79 Å². The maximum absolute atomic E-state index is 12.2. The lowest BCUT2D eigenvalue weighted by Crippen LogP contribution is -2.53. The molecule has 0 aliphatic carbocycles. The normalized spacial score (nSPS) is 13.0. The molecule has 1 unspecified atom stereocenters. The first-order valence-corrected chi connectivity index (χ1v) is 10.3. The first kappa shape index (κ1) is 28.6. The van der Waals surface area contributed by atoms with Crippen LogP contribution in [0.1, 0.15) is 54.9 Å². The van der Waals surface area contributed by atoms with Crippen molar-refractivity contribution in [1.82, 2.24) is 5.32 Å². The maximum Gasteiger partial charge on any atom is 0.407 e. The van der Waals surface area contributed by atoms with Crippen molar-refractivity contribution in [1.29, 1.82) is 0 Å². The third-order valence-corrected chi connectivity index (χ3v) is 4.20. The Bertz CT molecular complexity index is 605. The highest BCUT2D eigenvalue weighted by Gasteiger charge is 2.32. The molecule has 0 fully saturated rings. The summed E-state index contributed by atoms with van der Waals surface area (Å²) in [5, 5.41) is 2.57. The number of hydrogen-bond donors (Lipinski definition) is 1. The Hall–Kier alpha value is -2.35. The summed E-state index contributed by atoms with van der Waals surface area (Å²) in [7, 11) is 0. The number of rotatable bonds is 12. The average molecular weight is 442 g/mol. The van der Waals surface area contributed by atoms with Gasteiger partial charge in [0.05, 0.1) is 12.7 Å². The van der Waals surface area contributed by atoms with Gasteiger partial charge in [-0.1, -0.05) is 54.7 Å². The van der Waals surface area contributed by atoms with Gasteiger partial charge in [-0.05, 0) is 24.2 Å². The summed E-state index contributed by atoms with van der Waals surface area (Å²) >= 11 is 0. The molecular formula is C23H39NO7. The molecule has 178 valence electrons. The van der Waals surface area contributed by atoms with Crippen molar-refractivity contribution in [3.63, 3.8) is 0 Å². The predicted octanol–water partition coefficient (Wildman–Crippen LogP) is 3.80. The quantitative estimate of drug-likeness (QED) is 0.213. The van der Waals surface area contributed by atoms with E-state index in [-0.39, 0.29) is 43.4 Å². The summed E-state index contributed by atoms with van der Waals surface area (Å²) in [6.07, 6.45) is 2.11. The topological polar surface area (TPSA) is 100 Å². The van der Waals surface area contributed by atoms with Gasteiger partial charge in [-0.2, -0.15) is 0 Å². The molecular weight excluding hydrogens is 402 g/mol. The molecule has 0 aliphatic rings. The summed E-state index contributed by atoms with van der Waals surface area (Å²) in [5.74, 6) is -1.34. The molecule has 8 heteroatoms. The Labute approximate surface area is 186 Å². The average Bonchev–Trinajstić information content (AvgIpc) is 2.64. The van der Waals surface area contributed by atoms with Crippen LogP contribution >= 0.6 is 0 Å². The fourth-order valence-electron chi connectivity index (χ4n) is 2.47. The van der Waals surface area contributed by atoms with Crippen LogP contribution in [-0.4, -0.2) is 56.1 Å². The van der Waals surface area contributed by atoms with Gasteiger partial charge in [0.15, 0.2) is 0 Å². The van der Waals surface area contributed by atoms with E-state index < -0.39 is 23.6 Å². The lowest BCUT2D eigenvalue weighted by molar-refractivity contribution is -0.144. The van der Waals surface area contributed by atoms with Crippen molar-refractivity contribution < 1.29 is 33.3 Å². The van der Waals surface area contributed by atoms with Gasteiger partial charge in [0.2, 0.25) is 0 Å². The molecule has 8 nitrogen and oxygen atoms in total. The fourth-order valence-corrected chi connectivity index (χ4v) is 2.47. The van der Waals surface area contributed by atoms with Crippen LogP contribution in [0.3, 0.4) is 0 Å². The molecule has 0 aliphatic heterocycles. The van der Waals surface area contributed by atoms with E-state index in [0.717, 1.165) is 18.6 Å². The zero-order valence-corrected chi connectivity index (χ0v) is 20.0. The highest BCUT2D eigenvalue weighted by atomic mass is 16.6. The van der Waals surface area contributed by atoms with Crippen LogP contribution in [0, 0.1) is 10.8 Å². The lowest BCUT2D eigenvalue weighted by Gasteiger charge is -2.35. The minimum Gasteiger partial charge on any atom is -0.460 e. The second kappa shape index (κ2) is 12.5. The van der Waals surface area contributed by atoms with E-state index in [1.54, 1.807) is 6.92 Å². The molecule has 1 amide bonds. The van der Waals surface area contributed by atoms with E-state index in [9.17, 15) is 14.4 Å². The van der Waals surface area contributed by atoms with Crippen molar-refractivity contribution in [3.8, 4) is 0 Å². The lowest BCUT2D eigenvalue weighted by atomic mass is 9.78. The molecule has 0 saturated heterocycles. The van der Waals surface area contributed by atoms with Gasteiger partial charge in [0.25, 0.3) is 0 Å². The Balaban J connectivity index is 4.78. The van der Waals surface area contributed by atoms with Crippen molar-refractivity contribution in [2.45, 2.75) is 66.5 Å². The molecule has 1 N–H and O–H groups in total. The molecule has 0 spiro atoms. The van der Waals surface area contributed by atoms with Crippen molar-refractivity contribution in [3.05, 3.63) is 25.3 Å². The van der Waals surface area contributed by atoms with E-state index in [1.165, 1.54) is 0 Å².